The third-order valence-corrected chi connectivity index (χ3v) is 3.50. The lowest BCUT2D eigenvalue weighted by Gasteiger charge is -2.05. The maximum absolute atomic E-state index is 8.97. The van der Waals surface area contributed by atoms with E-state index in [4.69, 9.17) is 45.8 Å². The topological polar surface area (TPSA) is 78.5 Å². The van der Waals surface area contributed by atoms with Crippen LogP contribution in [0.1, 0.15) is 5.56 Å². The standard InChI is InChI=1S/C10H5Cl3N4/c11-6-2-1-4(7(12)8(6)13)9-5(3-14)10(15)17-16-9/h1-2H,(H3,15,16,17). The molecule has 0 aliphatic heterocycles. The van der Waals surface area contributed by atoms with Crippen LogP contribution in [-0.2, 0) is 0 Å². The van der Waals surface area contributed by atoms with Gasteiger partial charge in [0.25, 0.3) is 0 Å². The second kappa shape index (κ2) is 4.46. The fourth-order valence-corrected chi connectivity index (χ4v) is 2.01. The van der Waals surface area contributed by atoms with Gasteiger partial charge in [-0.15, -0.1) is 0 Å². The first-order valence-electron chi connectivity index (χ1n) is 4.44. The summed E-state index contributed by atoms with van der Waals surface area (Å²) < 4.78 is 0. The van der Waals surface area contributed by atoms with Gasteiger partial charge in [-0.1, -0.05) is 34.8 Å². The quantitative estimate of drug-likeness (QED) is 0.788. The van der Waals surface area contributed by atoms with Crippen LogP contribution < -0.4 is 5.73 Å². The molecule has 1 heterocycles. The number of nitrogens with zero attached hydrogens (tertiary/aromatic N) is 2. The van der Waals surface area contributed by atoms with E-state index in [0.717, 1.165) is 0 Å². The minimum Gasteiger partial charge on any atom is -0.381 e. The molecule has 0 saturated carbocycles. The van der Waals surface area contributed by atoms with Gasteiger partial charge in [0.05, 0.1) is 20.8 Å². The number of anilines is 1. The Hall–Kier alpha value is -1.41. The average molecular weight is 288 g/mol. The first-order chi connectivity index (χ1) is 8.06. The van der Waals surface area contributed by atoms with Crippen molar-refractivity contribution in [1.82, 2.24) is 10.2 Å². The third kappa shape index (κ3) is 1.93. The van der Waals surface area contributed by atoms with Crippen LogP contribution in [0, 0.1) is 11.3 Å². The minimum absolute atomic E-state index is 0.115. The molecule has 0 saturated heterocycles. The monoisotopic (exact) mass is 286 g/mol. The number of halogens is 3. The van der Waals surface area contributed by atoms with Gasteiger partial charge >= 0.3 is 0 Å². The van der Waals surface area contributed by atoms with Crippen LogP contribution in [0.5, 0.6) is 0 Å². The van der Waals surface area contributed by atoms with Crippen molar-refractivity contribution in [1.29, 1.82) is 5.26 Å². The van der Waals surface area contributed by atoms with Crippen molar-refractivity contribution in [2.45, 2.75) is 0 Å². The SMILES string of the molecule is N#Cc1c(N)n[nH]c1-c1ccc(Cl)c(Cl)c1Cl. The lowest BCUT2D eigenvalue weighted by Crippen LogP contribution is -1.88. The van der Waals surface area contributed by atoms with Crippen molar-refractivity contribution in [2.75, 3.05) is 5.73 Å². The van der Waals surface area contributed by atoms with Crippen molar-refractivity contribution >= 4 is 40.6 Å². The Morgan fingerprint density at radius 3 is 2.59 bits per heavy atom. The zero-order valence-electron chi connectivity index (χ0n) is 8.26. The molecule has 0 atom stereocenters. The van der Waals surface area contributed by atoms with Crippen molar-refractivity contribution in [3.05, 3.63) is 32.8 Å². The molecule has 7 heteroatoms. The lowest BCUT2D eigenvalue weighted by molar-refractivity contribution is 1.10. The van der Waals surface area contributed by atoms with E-state index >= 15 is 0 Å². The number of nitrogen functional groups attached to an aromatic ring is 1. The average Bonchev–Trinajstić information content (AvgIpc) is 2.67. The molecule has 0 amide bonds. The van der Waals surface area contributed by atoms with Crippen LogP contribution >= 0.6 is 34.8 Å². The molecule has 0 aliphatic carbocycles. The van der Waals surface area contributed by atoms with E-state index < -0.39 is 0 Å². The van der Waals surface area contributed by atoms with Crippen LogP contribution in [0.15, 0.2) is 12.1 Å². The number of aromatic nitrogens is 2. The number of nitrogens with two attached hydrogens (primary N) is 1. The molecule has 0 fully saturated rings. The van der Waals surface area contributed by atoms with Crippen LogP contribution in [0.4, 0.5) is 5.82 Å². The Kier molecular flexibility index (Phi) is 3.16. The highest BCUT2D eigenvalue weighted by molar-refractivity contribution is 6.49. The molecule has 1 aromatic heterocycles. The summed E-state index contributed by atoms with van der Waals surface area (Å²) in [6.07, 6.45) is 0. The van der Waals surface area contributed by atoms with Gasteiger partial charge < -0.3 is 5.73 Å². The molecule has 0 radical (unpaired) electrons. The second-order valence-corrected chi connectivity index (χ2v) is 4.36. The Morgan fingerprint density at radius 1 is 1.24 bits per heavy atom. The molecular weight excluding hydrogens is 282 g/mol. The third-order valence-electron chi connectivity index (χ3n) is 2.21. The summed E-state index contributed by atoms with van der Waals surface area (Å²) in [7, 11) is 0. The maximum Gasteiger partial charge on any atom is 0.163 e. The number of H-pyrrole nitrogens is 1. The molecule has 17 heavy (non-hydrogen) atoms. The van der Waals surface area contributed by atoms with Gasteiger partial charge in [0.1, 0.15) is 11.6 Å². The number of hydrogen-bond acceptors (Lipinski definition) is 3. The highest BCUT2D eigenvalue weighted by Crippen LogP contribution is 2.38. The Balaban J connectivity index is 2.70. The molecule has 0 spiro atoms. The van der Waals surface area contributed by atoms with Crippen LogP contribution in [0.3, 0.4) is 0 Å². The van der Waals surface area contributed by atoms with Crippen LogP contribution in [0.2, 0.25) is 15.1 Å². The molecule has 1 aromatic carbocycles. The summed E-state index contributed by atoms with van der Waals surface area (Å²) in [6, 6.07) is 5.18. The molecule has 2 rings (SSSR count). The van der Waals surface area contributed by atoms with Gasteiger partial charge in [0, 0.05) is 5.56 Å². The molecular formula is C10H5Cl3N4. The van der Waals surface area contributed by atoms with Crippen molar-refractivity contribution in [3.63, 3.8) is 0 Å². The smallest absolute Gasteiger partial charge is 0.163 e. The first kappa shape index (κ1) is 12.1. The highest BCUT2D eigenvalue weighted by Gasteiger charge is 2.17. The zero-order chi connectivity index (χ0) is 12.6. The number of benzene rings is 1. The predicted molar refractivity (Wildman–Crippen MR) is 68.2 cm³/mol. The summed E-state index contributed by atoms with van der Waals surface area (Å²) in [5, 5.41) is 16.2. The number of nitrogens with one attached hydrogen (secondary N) is 1. The van der Waals surface area contributed by atoms with Gasteiger partial charge in [-0.2, -0.15) is 10.4 Å². The molecule has 3 N–H and O–H groups in total. The first-order valence-corrected chi connectivity index (χ1v) is 5.57. The largest absolute Gasteiger partial charge is 0.381 e. The summed E-state index contributed by atoms with van der Waals surface area (Å²) in [6.45, 7) is 0. The molecule has 0 unspecified atom stereocenters. The predicted octanol–water partition coefficient (Wildman–Crippen LogP) is 3.49. The fraction of sp³-hybridized carbons (Fsp3) is 0. The second-order valence-electron chi connectivity index (χ2n) is 3.19. The number of nitriles is 1. The summed E-state index contributed by atoms with van der Waals surface area (Å²) >= 11 is 17.8. The Bertz CT molecular complexity index is 627. The summed E-state index contributed by atoms with van der Waals surface area (Å²) in [4.78, 5) is 0. The van der Waals surface area contributed by atoms with E-state index in [1.165, 1.54) is 0 Å². The van der Waals surface area contributed by atoms with E-state index in [1.807, 2.05) is 6.07 Å². The van der Waals surface area contributed by atoms with E-state index in [-0.39, 0.29) is 21.4 Å². The molecule has 0 bridgehead atoms. The van der Waals surface area contributed by atoms with Crippen LogP contribution in [-0.4, -0.2) is 10.2 Å². The number of rotatable bonds is 1. The van der Waals surface area contributed by atoms with E-state index in [0.29, 0.717) is 16.3 Å². The number of hydrogen-bond donors (Lipinski definition) is 2. The minimum atomic E-state index is 0.115. The zero-order valence-corrected chi connectivity index (χ0v) is 10.5. The lowest BCUT2D eigenvalue weighted by atomic mass is 10.1. The van der Waals surface area contributed by atoms with Gasteiger partial charge in [-0.3, -0.25) is 5.10 Å². The fourth-order valence-electron chi connectivity index (χ4n) is 1.38. The van der Waals surface area contributed by atoms with E-state index in [1.54, 1.807) is 12.1 Å². The van der Waals surface area contributed by atoms with Crippen molar-refractivity contribution < 1.29 is 0 Å². The van der Waals surface area contributed by atoms with Gasteiger partial charge in [0.15, 0.2) is 5.82 Å². The summed E-state index contributed by atoms with van der Waals surface area (Å²) in [5.41, 5.74) is 6.72. The molecule has 4 nitrogen and oxygen atoms in total. The Labute approximate surface area is 112 Å². The van der Waals surface area contributed by atoms with Crippen molar-refractivity contribution in [3.8, 4) is 17.3 Å². The highest BCUT2D eigenvalue weighted by atomic mass is 35.5. The maximum atomic E-state index is 8.97. The van der Waals surface area contributed by atoms with Gasteiger partial charge in [-0.25, -0.2) is 0 Å². The summed E-state index contributed by atoms with van der Waals surface area (Å²) in [5.74, 6) is 0.115. The van der Waals surface area contributed by atoms with E-state index in [9.17, 15) is 0 Å². The van der Waals surface area contributed by atoms with E-state index in [2.05, 4.69) is 10.2 Å². The molecule has 86 valence electrons. The van der Waals surface area contributed by atoms with Crippen LogP contribution in [0.25, 0.3) is 11.3 Å². The number of aromatic amines is 1. The normalized spacial score (nSPS) is 10.2. The van der Waals surface area contributed by atoms with Gasteiger partial charge in [-0.05, 0) is 12.1 Å². The van der Waals surface area contributed by atoms with Gasteiger partial charge in [0.2, 0.25) is 0 Å². The molecule has 2 aromatic rings. The molecule has 0 aliphatic rings. The van der Waals surface area contributed by atoms with Crippen molar-refractivity contribution in [2.24, 2.45) is 0 Å². The Morgan fingerprint density at radius 2 is 1.94 bits per heavy atom.